The molecule has 1 atom stereocenters. The number of ether oxygens (including phenoxy) is 1. The Morgan fingerprint density at radius 1 is 0.833 bits per heavy atom. The minimum Gasteiger partial charge on any atom is -0.478 e. The van der Waals surface area contributed by atoms with Crippen molar-refractivity contribution in [1.82, 2.24) is 0 Å². The molecule has 30 heavy (non-hydrogen) atoms. The number of anilines is 1. The number of carbonyl (C=O) groups is 1. The number of carboxylic acid groups (broad SMARTS) is 1. The van der Waals surface area contributed by atoms with Gasteiger partial charge in [0, 0.05) is 24.3 Å². The van der Waals surface area contributed by atoms with Crippen molar-refractivity contribution in [3.8, 4) is 5.75 Å². The average Bonchev–Trinajstić information content (AvgIpc) is 3.46. The summed E-state index contributed by atoms with van der Waals surface area (Å²) in [5.74, 6) is -0.418. The van der Waals surface area contributed by atoms with E-state index in [0.29, 0.717) is 11.3 Å². The number of carboxylic acids is 1. The van der Waals surface area contributed by atoms with Gasteiger partial charge in [-0.25, -0.2) is 4.79 Å². The van der Waals surface area contributed by atoms with E-state index >= 15 is 0 Å². The standard InChI is InChI=1S/C19H21NO3.C6H4O/c21-19(22)18(15-7-3-1-4-8-15)23-17-11-9-16(10-12-17)20-13-5-2-6-14-20;1-2-6-4-3-5(1)7-6/h1,3-4,7-12,18H,2,5-6,13-14H2,(H,21,22);1-4H. The topological polar surface area (TPSA) is 62.9 Å². The van der Waals surface area contributed by atoms with Gasteiger partial charge in [-0.05, 0) is 67.8 Å². The number of fused-ring (bicyclic) bond motifs is 2. The van der Waals surface area contributed by atoms with Crippen LogP contribution in [0.5, 0.6) is 5.75 Å². The quantitative estimate of drug-likeness (QED) is 0.459. The molecule has 5 nitrogen and oxygen atoms in total. The molecule has 2 aromatic carbocycles. The summed E-state index contributed by atoms with van der Waals surface area (Å²) >= 11 is 0. The van der Waals surface area contributed by atoms with E-state index in [9.17, 15) is 9.90 Å². The van der Waals surface area contributed by atoms with Gasteiger partial charge in [0.15, 0.2) is 0 Å². The fourth-order valence-corrected chi connectivity index (χ4v) is 3.62. The molecule has 1 fully saturated rings. The van der Waals surface area contributed by atoms with Gasteiger partial charge >= 0.3 is 5.97 Å². The second kappa shape index (κ2) is 9.35. The van der Waals surface area contributed by atoms with Crippen LogP contribution in [0.1, 0.15) is 30.9 Å². The molecule has 1 aliphatic heterocycles. The molecular weight excluding hydrogens is 378 g/mol. The number of hydrogen-bond acceptors (Lipinski definition) is 4. The van der Waals surface area contributed by atoms with Crippen LogP contribution < -0.4 is 9.64 Å². The lowest BCUT2D eigenvalue weighted by Gasteiger charge is -2.29. The molecule has 5 rings (SSSR count). The van der Waals surface area contributed by atoms with Crippen LogP contribution in [-0.2, 0) is 4.79 Å². The normalized spacial score (nSPS) is 14.7. The molecule has 1 N–H and O–H groups in total. The summed E-state index contributed by atoms with van der Waals surface area (Å²) in [6.07, 6.45) is 2.77. The summed E-state index contributed by atoms with van der Waals surface area (Å²) < 4.78 is 10.8. The van der Waals surface area contributed by atoms with Crippen molar-refractivity contribution in [1.29, 1.82) is 0 Å². The van der Waals surface area contributed by atoms with Crippen molar-refractivity contribution in [3.63, 3.8) is 0 Å². The smallest absolute Gasteiger partial charge is 0.349 e. The van der Waals surface area contributed by atoms with Crippen molar-refractivity contribution in [2.45, 2.75) is 25.4 Å². The number of rotatable bonds is 5. The van der Waals surface area contributed by atoms with Gasteiger partial charge in [0.1, 0.15) is 16.9 Å². The van der Waals surface area contributed by atoms with Crippen LogP contribution >= 0.6 is 0 Å². The van der Waals surface area contributed by atoms with Gasteiger partial charge in [0.2, 0.25) is 6.10 Å². The van der Waals surface area contributed by atoms with Gasteiger partial charge < -0.3 is 19.2 Å². The Balaban J connectivity index is 0.000000259. The number of piperidine rings is 1. The molecule has 1 saturated heterocycles. The number of nitrogens with zero attached hydrogens (tertiary/aromatic N) is 1. The Morgan fingerprint density at radius 3 is 1.93 bits per heavy atom. The summed E-state index contributed by atoms with van der Waals surface area (Å²) in [7, 11) is 0. The van der Waals surface area contributed by atoms with Crippen LogP contribution in [0.15, 0.2) is 83.3 Å². The highest BCUT2D eigenvalue weighted by atomic mass is 16.5. The van der Waals surface area contributed by atoms with E-state index in [4.69, 9.17) is 9.15 Å². The third kappa shape index (κ3) is 4.92. The predicted octanol–water partition coefficient (Wildman–Crippen LogP) is 5.75. The summed E-state index contributed by atoms with van der Waals surface area (Å²) in [6.45, 7) is 2.17. The van der Waals surface area contributed by atoms with E-state index in [2.05, 4.69) is 4.90 Å². The van der Waals surface area contributed by atoms with Gasteiger partial charge in [-0.3, -0.25) is 0 Å². The zero-order valence-electron chi connectivity index (χ0n) is 16.7. The molecule has 0 amide bonds. The second-order valence-corrected chi connectivity index (χ2v) is 7.36. The lowest BCUT2D eigenvalue weighted by Crippen LogP contribution is -2.29. The molecule has 0 aliphatic carbocycles. The molecule has 5 heteroatoms. The number of aliphatic carboxylic acids is 1. The SMILES string of the molecule is O=C(O)C(Oc1ccc(N2CCCCC2)cc1)c1ccccc1.c1cc2ccc1o2. The predicted molar refractivity (Wildman–Crippen MR) is 117 cm³/mol. The second-order valence-electron chi connectivity index (χ2n) is 7.36. The summed E-state index contributed by atoms with van der Waals surface area (Å²) in [5.41, 5.74) is 3.74. The number of furan rings is 2. The number of benzene rings is 3. The van der Waals surface area contributed by atoms with Crippen molar-refractivity contribution in [2.24, 2.45) is 0 Å². The molecule has 1 aliphatic rings. The fourth-order valence-electron chi connectivity index (χ4n) is 3.62. The van der Waals surface area contributed by atoms with Gasteiger partial charge in [-0.2, -0.15) is 0 Å². The first kappa shape index (κ1) is 19.8. The molecule has 2 aromatic heterocycles. The molecular formula is C25H25NO4. The summed E-state index contributed by atoms with van der Waals surface area (Å²) in [4.78, 5) is 13.8. The van der Waals surface area contributed by atoms with E-state index in [1.807, 2.05) is 66.7 Å². The lowest BCUT2D eigenvalue weighted by atomic mass is 10.1. The minimum absolute atomic E-state index is 0.571. The van der Waals surface area contributed by atoms with Crippen LogP contribution in [0, 0.1) is 0 Å². The highest BCUT2D eigenvalue weighted by Crippen LogP contribution is 2.26. The highest BCUT2D eigenvalue weighted by Gasteiger charge is 2.21. The lowest BCUT2D eigenvalue weighted by molar-refractivity contribution is -0.145. The van der Waals surface area contributed by atoms with E-state index in [1.165, 1.54) is 24.9 Å². The van der Waals surface area contributed by atoms with Crippen molar-refractivity contribution < 1.29 is 19.1 Å². The van der Waals surface area contributed by atoms with Gasteiger partial charge in [0.05, 0.1) is 0 Å². The third-order valence-electron chi connectivity index (χ3n) is 5.20. The Morgan fingerprint density at radius 2 is 1.43 bits per heavy atom. The van der Waals surface area contributed by atoms with Gasteiger partial charge in [-0.1, -0.05) is 30.3 Å². The molecule has 154 valence electrons. The fraction of sp³-hybridized carbons (Fsp3) is 0.240. The molecule has 0 radical (unpaired) electrons. The van der Waals surface area contributed by atoms with E-state index in [-0.39, 0.29) is 0 Å². The number of hydrogen-bond donors (Lipinski definition) is 1. The van der Waals surface area contributed by atoms with Crippen molar-refractivity contribution >= 4 is 22.8 Å². The maximum Gasteiger partial charge on any atom is 0.349 e. The van der Waals surface area contributed by atoms with Crippen molar-refractivity contribution in [2.75, 3.05) is 18.0 Å². The monoisotopic (exact) mass is 403 g/mol. The van der Waals surface area contributed by atoms with Gasteiger partial charge in [0.25, 0.3) is 0 Å². The minimum atomic E-state index is -0.990. The zero-order chi connectivity index (χ0) is 20.8. The summed E-state index contributed by atoms with van der Waals surface area (Å²) in [5, 5.41) is 9.41. The van der Waals surface area contributed by atoms with E-state index in [1.54, 1.807) is 12.1 Å². The first-order valence-electron chi connectivity index (χ1n) is 10.3. The van der Waals surface area contributed by atoms with E-state index in [0.717, 1.165) is 24.3 Å². The Labute approximate surface area is 175 Å². The molecule has 0 spiro atoms. The molecule has 0 saturated carbocycles. The van der Waals surface area contributed by atoms with Crippen molar-refractivity contribution in [3.05, 3.63) is 84.4 Å². The van der Waals surface area contributed by atoms with Crippen LogP contribution in [0.3, 0.4) is 0 Å². The molecule has 4 aromatic rings. The van der Waals surface area contributed by atoms with Crippen LogP contribution in [0.4, 0.5) is 5.69 Å². The first-order valence-corrected chi connectivity index (χ1v) is 10.3. The largest absolute Gasteiger partial charge is 0.478 e. The highest BCUT2D eigenvalue weighted by molar-refractivity contribution is 5.74. The molecule has 2 bridgehead atoms. The first-order chi connectivity index (χ1) is 14.7. The Kier molecular flexibility index (Phi) is 6.18. The maximum atomic E-state index is 11.5. The summed E-state index contributed by atoms with van der Waals surface area (Å²) in [6, 6.07) is 24.5. The van der Waals surface area contributed by atoms with Crippen LogP contribution in [0.2, 0.25) is 0 Å². The van der Waals surface area contributed by atoms with Gasteiger partial charge in [-0.15, -0.1) is 0 Å². The van der Waals surface area contributed by atoms with Crippen LogP contribution in [-0.4, -0.2) is 24.2 Å². The zero-order valence-corrected chi connectivity index (χ0v) is 16.7. The molecule has 3 heterocycles. The third-order valence-corrected chi connectivity index (χ3v) is 5.20. The average molecular weight is 403 g/mol. The maximum absolute atomic E-state index is 11.5. The van der Waals surface area contributed by atoms with E-state index < -0.39 is 12.1 Å². The molecule has 1 unspecified atom stereocenters. The Bertz CT molecular complexity index is 991. The van der Waals surface area contributed by atoms with Crippen LogP contribution in [0.25, 0.3) is 11.2 Å². The Hall–Kier alpha value is -3.47.